The summed E-state index contributed by atoms with van der Waals surface area (Å²) in [4.78, 5) is 12.1. The molecular weight excluding hydrogens is 262 g/mol. The van der Waals surface area contributed by atoms with E-state index in [0.29, 0.717) is 6.42 Å². The lowest BCUT2D eigenvalue weighted by Crippen LogP contribution is -2.27. The number of aromatic nitrogens is 2. The Balaban J connectivity index is 1.68. The van der Waals surface area contributed by atoms with Gasteiger partial charge in [-0.15, -0.1) is 0 Å². The second-order valence-corrected chi connectivity index (χ2v) is 5.18. The van der Waals surface area contributed by atoms with Gasteiger partial charge >= 0.3 is 0 Å². The van der Waals surface area contributed by atoms with E-state index >= 15 is 0 Å². The van der Waals surface area contributed by atoms with Crippen LogP contribution in [0, 0.1) is 0 Å². The van der Waals surface area contributed by atoms with E-state index in [1.165, 1.54) is 5.39 Å². The van der Waals surface area contributed by atoms with Gasteiger partial charge in [-0.2, -0.15) is 5.10 Å². The number of carbonyl (C=O) groups excluding carboxylic acids is 1. The van der Waals surface area contributed by atoms with Gasteiger partial charge in [0.25, 0.3) is 0 Å². The van der Waals surface area contributed by atoms with Crippen LogP contribution in [-0.4, -0.2) is 16.1 Å². The number of nitrogens with one attached hydrogen (secondary N) is 2. The lowest BCUT2D eigenvalue weighted by atomic mass is 10.0. The molecule has 3 aromatic rings. The topological polar surface area (TPSA) is 57.8 Å². The van der Waals surface area contributed by atoms with Gasteiger partial charge in [-0.25, -0.2) is 0 Å². The highest BCUT2D eigenvalue weighted by atomic mass is 16.1. The molecule has 0 aliphatic carbocycles. The second-order valence-electron chi connectivity index (χ2n) is 5.18. The Hall–Kier alpha value is -2.62. The summed E-state index contributed by atoms with van der Waals surface area (Å²) in [6, 6.07) is 14.2. The number of fused-ring (bicyclic) bond motifs is 1. The van der Waals surface area contributed by atoms with Crippen LogP contribution in [-0.2, 0) is 11.2 Å². The zero-order valence-electron chi connectivity index (χ0n) is 11.8. The maximum absolute atomic E-state index is 12.1. The Bertz CT molecular complexity index is 750. The first kappa shape index (κ1) is 13.4. The van der Waals surface area contributed by atoms with Crippen molar-refractivity contribution in [2.24, 2.45) is 0 Å². The molecule has 0 aliphatic rings. The van der Waals surface area contributed by atoms with Gasteiger partial charge in [0.05, 0.1) is 18.7 Å². The predicted octanol–water partition coefficient (Wildman–Crippen LogP) is 2.98. The van der Waals surface area contributed by atoms with Crippen molar-refractivity contribution in [3.63, 3.8) is 0 Å². The Labute approximate surface area is 123 Å². The maximum atomic E-state index is 12.1. The van der Waals surface area contributed by atoms with E-state index in [2.05, 4.69) is 39.8 Å². The van der Waals surface area contributed by atoms with E-state index in [9.17, 15) is 4.79 Å². The first-order valence-corrected chi connectivity index (χ1v) is 6.98. The van der Waals surface area contributed by atoms with E-state index in [1.54, 1.807) is 12.4 Å². The van der Waals surface area contributed by atoms with Crippen molar-refractivity contribution < 1.29 is 4.79 Å². The van der Waals surface area contributed by atoms with Gasteiger partial charge in [0.1, 0.15) is 0 Å². The third-order valence-electron chi connectivity index (χ3n) is 3.58. The molecule has 0 bridgehead atoms. The zero-order valence-corrected chi connectivity index (χ0v) is 11.8. The number of H-pyrrole nitrogens is 1. The van der Waals surface area contributed by atoms with Gasteiger partial charge in [-0.05, 0) is 23.3 Å². The highest BCUT2D eigenvalue weighted by Gasteiger charge is 2.11. The second kappa shape index (κ2) is 5.79. The minimum absolute atomic E-state index is 0.0129. The van der Waals surface area contributed by atoms with Crippen LogP contribution in [0.2, 0.25) is 0 Å². The molecule has 4 nitrogen and oxygen atoms in total. The molecule has 1 unspecified atom stereocenters. The van der Waals surface area contributed by atoms with Crippen LogP contribution in [0.4, 0.5) is 0 Å². The van der Waals surface area contributed by atoms with Crippen LogP contribution in [0.3, 0.4) is 0 Å². The number of carbonyl (C=O) groups is 1. The van der Waals surface area contributed by atoms with Crippen LogP contribution in [0.25, 0.3) is 10.8 Å². The number of benzene rings is 2. The SMILES string of the molecule is CC(NC(=O)Cc1ccc2ccccc2c1)c1cn[nH]c1. The van der Waals surface area contributed by atoms with Crippen molar-refractivity contribution in [1.29, 1.82) is 0 Å². The molecule has 3 rings (SSSR count). The molecule has 1 aromatic heterocycles. The largest absolute Gasteiger partial charge is 0.349 e. The molecule has 106 valence electrons. The van der Waals surface area contributed by atoms with E-state index in [0.717, 1.165) is 16.5 Å². The summed E-state index contributed by atoms with van der Waals surface area (Å²) < 4.78 is 0. The molecule has 1 heterocycles. The van der Waals surface area contributed by atoms with Gasteiger partial charge in [-0.3, -0.25) is 9.89 Å². The molecule has 0 saturated heterocycles. The molecule has 0 spiro atoms. The van der Waals surface area contributed by atoms with Crippen molar-refractivity contribution in [3.8, 4) is 0 Å². The molecule has 0 saturated carbocycles. The number of aromatic amines is 1. The summed E-state index contributed by atoms with van der Waals surface area (Å²) in [5.41, 5.74) is 1.99. The molecule has 2 aromatic carbocycles. The molecule has 21 heavy (non-hydrogen) atoms. The molecule has 0 aliphatic heterocycles. The first-order valence-electron chi connectivity index (χ1n) is 6.98. The maximum Gasteiger partial charge on any atom is 0.224 e. The number of rotatable bonds is 4. The van der Waals surface area contributed by atoms with E-state index in [1.807, 2.05) is 25.1 Å². The number of amides is 1. The first-order chi connectivity index (χ1) is 10.2. The molecule has 4 heteroatoms. The summed E-state index contributed by atoms with van der Waals surface area (Å²) in [7, 11) is 0. The third-order valence-corrected chi connectivity index (χ3v) is 3.58. The Morgan fingerprint density at radius 2 is 2.05 bits per heavy atom. The van der Waals surface area contributed by atoms with E-state index in [4.69, 9.17) is 0 Å². The minimum atomic E-state index is -0.0447. The number of nitrogens with zero attached hydrogens (tertiary/aromatic N) is 1. The zero-order chi connectivity index (χ0) is 14.7. The van der Waals surface area contributed by atoms with Gasteiger partial charge in [-0.1, -0.05) is 42.5 Å². The lowest BCUT2D eigenvalue weighted by Gasteiger charge is -2.12. The van der Waals surface area contributed by atoms with Crippen molar-refractivity contribution in [2.75, 3.05) is 0 Å². The van der Waals surface area contributed by atoms with Crippen molar-refractivity contribution in [2.45, 2.75) is 19.4 Å². The Morgan fingerprint density at radius 3 is 2.81 bits per heavy atom. The monoisotopic (exact) mass is 279 g/mol. The van der Waals surface area contributed by atoms with Gasteiger partial charge in [0.15, 0.2) is 0 Å². The molecule has 2 N–H and O–H groups in total. The fourth-order valence-corrected chi connectivity index (χ4v) is 2.41. The van der Waals surface area contributed by atoms with E-state index < -0.39 is 0 Å². The Morgan fingerprint density at radius 1 is 1.24 bits per heavy atom. The fraction of sp³-hybridized carbons (Fsp3) is 0.176. The predicted molar refractivity (Wildman–Crippen MR) is 82.8 cm³/mol. The van der Waals surface area contributed by atoms with Crippen LogP contribution in [0.15, 0.2) is 54.9 Å². The normalized spacial score (nSPS) is 12.2. The molecule has 1 atom stereocenters. The van der Waals surface area contributed by atoms with Crippen LogP contribution in [0.5, 0.6) is 0 Å². The highest BCUT2D eigenvalue weighted by Crippen LogP contribution is 2.16. The van der Waals surface area contributed by atoms with Gasteiger partial charge < -0.3 is 5.32 Å². The standard InChI is InChI=1S/C17H17N3O/c1-12(16-10-18-19-11-16)20-17(21)9-13-6-7-14-4-2-3-5-15(14)8-13/h2-8,10-12H,9H2,1H3,(H,18,19)(H,20,21). The summed E-state index contributed by atoms with van der Waals surface area (Å²) in [6.45, 7) is 1.95. The average Bonchev–Trinajstić information content (AvgIpc) is 3.01. The molecule has 1 amide bonds. The van der Waals surface area contributed by atoms with Crippen molar-refractivity contribution in [1.82, 2.24) is 15.5 Å². The summed E-state index contributed by atoms with van der Waals surface area (Å²) in [5, 5.41) is 12.0. The number of hydrogen-bond donors (Lipinski definition) is 2. The van der Waals surface area contributed by atoms with Crippen molar-refractivity contribution >= 4 is 16.7 Å². The van der Waals surface area contributed by atoms with E-state index in [-0.39, 0.29) is 11.9 Å². The fourth-order valence-electron chi connectivity index (χ4n) is 2.41. The van der Waals surface area contributed by atoms with Crippen LogP contribution >= 0.6 is 0 Å². The summed E-state index contributed by atoms with van der Waals surface area (Å²) in [5.74, 6) is 0.0129. The van der Waals surface area contributed by atoms with Crippen LogP contribution < -0.4 is 5.32 Å². The molecular formula is C17H17N3O. The van der Waals surface area contributed by atoms with Gasteiger partial charge in [0, 0.05) is 11.8 Å². The third kappa shape index (κ3) is 3.11. The lowest BCUT2D eigenvalue weighted by molar-refractivity contribution is -0.121. The summed E-state index contributed by atoms with van der Waals surface area (Å²) >= 11 is 0. The van der Waals surface area contributed by atoms with Crippen LogP contribution in [0.1, 0.15) is 24.1 Å². The van der Waals surface area contributed by atoms with Crippen molar-refractivity contribution in [3.05, 3.63) is 66.0 Å². The summed E-state index contributed by atoms with van der Waals surface area (Å²) in [6.07, 6.45) is 3.90. The Kier molecular flexibility index (Phi) is 3.69. The molecule has 0 fully saturated rings. The average molecular weight is 279 g/mol. The molecule has 0 radical (unpaired) electrons. The highest BCUT2D eigenvalue weighted by molar-refractivity contribution is 5.85. The minimum Gasteiger partial charge on any atom is -0.349 e. The quantitative estimate of drug-likeness (QED) is 0.771. The van der Waals surface area contributed by atoms with Gasteiger partial charge in [0.2, 0.25) is 5.91 Å². The smallest absolute Gasteiger partial charge is 0.224 e. The number of hydrogen-bond acceptors (Lipinski definition) is 2.